The maximum Gasteiger partial charge on any atom is 0.269 e. The van der Waals surface area contributed by atoms with Crippen LogP contribution in [-0.4, -0.2) is 33.8 Å². The third-order valence-corrected chi connectivity index (χ3v) is 8.34. The Bertz CT molecular complexity index is 1210. The summed E-state index contributed by atoms with van der Waals surface area (Å²) >= 11 is 0. The summed E-state index contributed by atoms with van der Waals surface area (Å²) in [6.45, 7) is 2.39. The smallest absolute Gasteiger partial charge is 0.269 e. The summed E-state index contributed by atoms with van der Waals surface area (Å²) in [7, 11) is 1.54. The minimum Gasteiger partial charge on any atom is -0.504 e. The molecular formula is C26H29N3O6. The number of aromatic hydroxyl groups is 1. The van der Waals surface area contributed by atoms with Crippen molar-refractivity contribution < 1.29 is 24.8 Å². The van der Waals surface area contributed by atoms with Crippen molar-refractivity contribution >= 4 is 17.1 Å². The van der Waals surface area contributed by atoms with Gasteiger partial charge in [-0.2, -0.15) is 0 Å². The molecule has 0 amide bonds. The number of nitro benzene ring substituents is 1. The summed E-state index contributed by atoms with van der Waals surface area (Å²) in [6, 6.07) is 9.83. The van der Waals surface area contributed by atoms with Crippen LogP contribution in [0.1, 0.15) is 61.6 Å². The van der Waals surface area contributed by atoms with Crippen molar-refractivity contribution in [3.63, 3.8) is 0 Å². The number of methoxy groups -OCH3 is 1. The van der Waals surface area contributed by atoms with E-state index in [9.17, 15) is 20.4 Å². The first-order valence-corrected chi connectivity index (χ1v) is 11.9. The molecule has 3 aliphatic rings. The van der Waals surface area contributed by atoms with E-state index in [0.29, 0.717) is 29.9 Å². The minimum atomic E-state index is -0.436. The second kappa shape index (κ2) is 8.87. The lowest BCUT2D eigenvalue weighted by atomic mass is 9.55. The normalized spacial score (nSPS) is 29.4. The average Bonchev–Trinajstić information content (AvgIpc) is 3.20. The Morgan fingerprint density at radius 1 is 1.23 bits per heavy atom. The Balaban J connectivity index is 1.47. The van der Waals surface area contributed by atoms with Crippen LogP contribution in [0.15, 0.2) is 46.7 Å². The van der Waals surface area contributed by atoms with Crippen LogP contribution in [0.2, 0.25) is 0 Å². The third kappa shape index (κ3) is 3.88. The van der Waals surface area contributed by atoms with Crippen LogP contribution in [0.25, 0.3) is 0 Å². The lowest BCUT2D eigenvalue weighted by Gasteiger charge is -2.48. The molecule has 0 radical (unpaired) electrons. The molecule has 5 rings (SSSR count). The number of fused-ring (bicyclic) bond motifs is 5. The largest absolute Gasteiger partial charge is 0.504 e. The van der Waals surface area contributed by atoms with Crippen molar-refractivity contribution in [3.05, 3.63) is 63.2 Å². The minimum absolute atomic E-state index is 0.0273. The lowest BCUT2D eigenvalue weighted by Crippen LogP contribution is -2.43. The molecule has 0 aromatic heterocycles. The number of non-ortho nitro benzene ring substituents is 1. The molecule has 0 heterocycles. The number of hydrogen-bond donors (Lipinski definition) is 2. The van der Waals surface area contributed by atoms with Crippen LogP contribution >= 0.6 is 0 Å². The molecule has 0 aliphatic heterocycles. The zero-order valence-electron chi connectivity index (χ0n) is 19.8. The van der Waals surface area contributed by atoms with Gasteiger partial charge in [-0.3, -0.25) is 10.1 Å². The van der Waals surface area contributed by atoms with Gasteiger partial charge in [0.15, 0.2) is 11.5 Å². The molecule has 0 unspecified atom stereocenters. The van der Waals surface area contributed by atoms with Gasteiger partial charge in [-0.25, -0.2) is 0 Å². The number of hydrogen-bond acceptors (Lipinski definition) is 8. The molecule has 9 nitrogen and oxygen atoms in total. The topological polar surface area (TPSA) is 127 Å². The van der Waals surface area contributed by atoms with E-state index >= 15 is 0 Å². The molecule has 0 spiro atoms. The van der Waals surface area contributed by atoms with E-state index in [1.807, 2.05) is 6.07 Å². The Morgan fingerprint density at radius 3 is 2.69 bits per heavy atom. The van der Waals surface area contributed by atoms with Crippen LogP contribution in [0, 0.1) is 27.4 Å². The molecular weight excluding hydrogens is 450 g/mol. The van der Waals surface area contributed by atoms with Crippen molar-refractivity contribution in [1.29, 1.82) is 0 Å². The van der Waals surface area contributed by atoms with Gasteiger partial charge in [0.05, 0.1) is 23.5 Å². The highest BCUT2D eigenvalue weighted by molar-refractivity contribution is 6.04. The first-order valence-electron chi connectivity index (χ1n) is 11.9. The Kier molecular flexibility index (Phi) is 5.86. The summed E-state index contributed by atoms with van der Waals surface area (Å²) in [5.74, 6) is 1.46. The van der Waals surface area contributed by atoms with E-state index < -0.39 is 4.92 Å². The monoisotopic (exact) mass is 479 g/mol. The quantitative estimate of drug-likeness (QED) is 0.337. The van der Waals surface area contributed by atoms with Gasteiger partial charge >= 0.3 is 0 Å². The van der Waals surface area contributed by atoms with Crippen LogP contribution in [-0.2, 0) is 11.4 Å². The van der Waals surface area contributed by atoms with Crippen LogP contribution < -0.4 is 4.74 Å². The fraction of sp³-hybridized carbons (Fsp3) is 0.462. The van der Waals surface area contributed by atoms with E-state index in [1.54, 1.807) is 25.3 Å². The first-order chi connectivity index (χ1) is 16.9. The molecule has 3 aliphatic carbocycles. The highest BCUT2D eigenvalue weighted by Gasteiger charge is 2.54. The fourth-order valence-electron chi connectivity index (χ4n) is 6.53. The van der Waals surface area contributed by atoms with E-state index in [-0.39, 0.29) is 23.5 Å². The van der Waals surface area contributed by atoms with E-state index in [2.05, 4.69) is 17.2 Å². The number of oxime groups is 2. The fourth-order valence-corrected chi connectivity index (χ4v) is 6.53. The summed E-state index contributed by atoms with van der Waals surface area (Å²) in [5, 5.41) is 39.1. The van der Waals surface area contributed by atoms with E-state index in [0.717, 1.165) is 53.8 Å². The third-order valence-electron chi connectivity index (χ3n) is 8.34. The molecule has 2 fully saturated rings. The van der Waals surface area contributed by atoms with Crippen molar-refractivity contribution in [1.82, 2.24) is 0 Å². The number of rotatable bonds is 5. The highest BCUT2D eigenvalue weighted by Crippen LogP contribution is 2.60. The first kappa shape index (κ1) is 23.1. The number of nitrogens with zero attached hydrogens (tertiary/aromatic N) is 3. The molecule has 0 saturated heterocycles. The second-order valence-corrected chi connectivity index (χ2v) is 9.97. The van der Waals surface area contributed by atoms with Crippen molar-refractivity contribution in [2.24, 2.45) is 27.6 Å². The van der Waals surface area contributed by atoms with Gasteiger partial charge in [-0.15, -0.1) is 0 Å². The zero-order chi connectivity index (χ0) is 24.7. The Hall–Kier alpha value is -3.62. The molecule has 35 heavy (non-hydrogen) atoms. The van der Waals surface area contributed by atoms with Gasteiger partial charge in [0.1, 0.15) is 6.61 Å². The van der Waals surface area contributed by atoms with Crippen molar-refractivity contribution in [2.75, 3.05) is 7.11 Å². The zero-order valence-corrected chi connectivity index (χ0v) is 19.8. The molecule has 184 valence electrons. The SMILES string of the molecule is COc1cc2c(cc1O)/C(=N/OCc1ccc([N+](=O)[O-])cc1)C[C@@H]1[C@@H]2CC[C@]2(C)/C(=N\O)CC[C@@H]12. The van der Waals surface area contributed by atoms with E-state index in [4.69, 9.17) is 9.57 Å². The predicted octanol–water partition coefficient (Wildman–Crippen LogP) is 5.37. The van der Waals surface area contributed by atoms with Gasteiger partial charge in [0, 0.05) is 23.1 Å². The van der Waals surface area contributed by atoms with Crippen LogP contribution in [0.4, 0.5) is 5.69 Å². The molecule has 4 atom stereocenters. The van der Waals surface area contributed by atoms with Crippen LogP contribution in [0.5, 0.6) is 11.5 Å². The number of phenols is 1. The van der Waals surface area contributed by atoms with E-state index in [1.165, 1.54) is 12.1 Å². The van der Waals surface area contributed by atoms with Crippen molar-refractivity contribution in [3.8, 4) is 11.5 Å². The summed E-state index contributed by atoms with van der Waals surface area (Å²) < 4.78 is 5.41. The summed E-state index contributed by atoms with van der Waals surface area (Å²) in [5.41, 5.74) is 4.30. The maximum atomic E-state index is 10.9. The standard InChI is InChI=1S/C26H29N3O6/c1-26-10-9-17-18-13-24(34-2)23(30)12-20(18)22(11-19(17)21(26)7-8-25(26)27-31)28-35-14-15-3-5-16(6-4-15)29(32)33/h3-6,12-13,17,19,21,30-31H,7-11,14H2,1-2H3/b27-25-,28-22+/t17-,19-,21+,26+/m1/s1. The molecule has 2 N–H and O–H groups in total. The molecule has 2 saturated carbocycles. The lowest BCUT2D eigenvalue weighted by molar-refractivity contribution is -0.384. The second-order valence-electron chi connectivity index (χ2n) is 9.97. The van der Waals surface area contributed by atoms with Crippen LogP contribution in [0.3, 0.4) is 0 Å². The molecule has 2 aromatic rings. The number of benzene rings is 2. The van der Waals surface area contributed by atoms with Crippen molar-refractivity contribution in [2.45, 2.75) is 51.6 Å². The highest BCUT2D eigenvalue weighted by atomic mass is 16.6. The maximum absolute atomic E-state index is 10.9. The molecule has 2 aromatic carbocycles. The van der Waals surface area contributed by atoms with Gasteiger partial charge < -0.3 is 19.9 Å². The molecule has 0 bridgehead atoms. The number of nitro groups is 1. The number of ether oxygens (including phenoxy) is 1. The predicted molar refractivity (Wildman–Crippen MR) is 129 cm³/mol. The number of phenolic OH excluding ortho intramolecular Hbond substituents is 1. The van der Waals surface area contributed by atoms with Gasteiger partial charge in [0.25, 0.3) is 5.69 Å². The summed E-state index contributed by atoms with van der Waals surface area (Å²) in [6.07, 6.45) is 4.37. The Morgan fingerprint density at radius 2 is 2.00 bits per heavy atom. The molecule has 9 heteroatoms. The summed E-state index contributed by atoms with van der Waals surface area (Å²) in [4.78, 5) is 16.2. The van der Waals surface area contributed by atoms with Gasteiger partial charge in [-0.1, -0.05) is 17.2 Å². The average molecular weight is 480 g/mol. The van der Waals surface area contributed by atoms with Gasteiger partial charge in [-0.05, 0) is 85.3 Å². The Labute approximate surface area is 203 Å². The van der Waals surface area contributed by atoms with Gasteiger partial charge in [0.2, 0.25) is 0 Å².